The molecule has 2 aromatic heterocycles. The Morgan fingerprint density at radius 3 is 2.62 bits per heavy atom. The third-order valence-corrected chi connectivity index (χ3v) is 6.60. The lowest BCUT2D eigenvalue weighted by atomic mass is 9.93. The van der Waals surface area contributed by atoms with E-state index in [0.717, 1.165) is 17.8 Å². The van der Waals surface area contributed by atoms with Gasteiger partial charge in [0.05, 0.1) is 17.8 Å². The quantitative estimate of drug-likeness (QED) is 0.682. The zero-order chi connectivity index (χ0) is 23.3. The van der Waals surface area contributed by atoms with Gasteiger partial charge in [-0.3, -0.25) is 14.9 Å². The predicted octanol–water partition coefficient (Wildman–Crippen LogP) is 2.94. The van der Waals surface area contributed by atoms with Gasteiger partial charge >= 0.3 is 6.03 Å². The topological polar surface area (TPSA) is 106 Å². The first-order valence-electron chi connectivity index (χ1n) is 11.1. The van der Waals surface area contributed by atoms with Crippen LogP contribution < -0.4 is 10.6 Å². The van der Waals surface area contributed by atoms with E-state index in [1.54, 1.807) is 24.4 Å². The molecule has 2 aliphatic heterocycles. The van der Waals surface area contributed by atoms with Crippen LogP contribution in [-0.2, 0) is 12.1 Å². The fourth-order valence-electron chi connectivity index (χ4n) is 4.64. The van der Waals surface area contributed by atoms with E-state index >= 15 is 0 Å². The van der Waals surface area contributed by atoms with Crippen molar-refractivity contribution < 1.29 is 9.59 Å². The summed E-state index contributed by atoms with van der Waals surface area (Å²) in [7, 11) is 0. The normalized spacial score (nSPS) is 21.5. The molecule has 1 saturated heterocycles. The second kappa shape index (κ2) is 7.88. The van der Waals surface area contributed by atoms with Gasteiger partial charge in [-0.1, -0.05) is 19.9 Å². The van der Waals surface area contributed by atoms with Crippen LogP contribution in [-0.4, -0.2) is 61.6 Å². The first kappa shape index (κ1) is 22.3. The Morgan fingerprint density at radius 1 is 1.22 bits per heavy atom. The Labute approximate surface area is 189 Å². The summed E-state index contributed by atoms with van der Waals surface area (Å²) >= 11 is 0. The Kier molecular flexibility index (Phi) is 5.48. The summed E-state index contributed by atoms with van der Waals surface area (Å²) in [5, 5.41) is 13.8. The lowest BCUT2D eigenvalue weighted by molar-refractivity contribution is 0.0492. The molecule has 32 heavy (non-hydrogen) atoms. The highest BCUT2D eigenvalue weighted by Gasteiger charge is 2.48. The Bertz CT molecular complexity index is 1010. The summed E-state index contributed by atoms with van der Waals surface area (Å²) in [6.45, 7) is 14.3. The summed E-state index contributed by atoms with van der Waals surface area (Å²) in [5.74, 6) is 0.451. The first-order chi connectivity index (χ1) is 15.0. The number of amides is 3. The van der Waals surface area contributed by atoms with Gasteiger partial charge in [0, 0.05) is 36.4 Å². The SMILES string of the molecule is CC(C)[C@H]1CNC(C)(C)CN1C(=O)N1Cc2c(NC(=O)c3ccccn3)n[nH]c2C1(C)C. The number of H-pyrrole nitrogens is 1. The molecule has 9 nitrogen and oxygen atoms in total. The number of rotatable bonds is 3. The van der Waals surface area contributed by atoms with Crippen LogP contribution in [0.15, 0.2) is 24.4 Å². The Hall–Kier alpha value is -2.94. The maximum atomic E-state index is 13.8. The molecule has 0 saturated carbocycles. The maximum absolute atomic E-state index is 13.8. The Balaban J connectivity index is 1.58. The van der Waals surface area contributed by atoms with Gasteiger partial charge < -0.3 is 20.4 Å². The van der Waals surface area contributed by atoms with Crippen LogP contribution >= 0.6 is 0 Å². The molecule has 172 valence electrons. The molecule has 1 atom stereocenters. The van der Waals surface area contributed by atoms with E-state index < -0.39 is 5.54 Å². The minimum absolute atomic E-state index is 0.00915. The Morgan fingerprint density at radius 2 is 1.97 bits per heavy atom. The van der Waals surface area contributed by atoms with Gasteiger partial charge in [-0.15, -0.1) is 0 Å². The number of anilines is 1. The molecule has 0 unspecified atom stereocenters. The smallest absolute Gasteiger partial charge is 0.318 e. The van der Waals surface area contributed by atoms with E-state index in [1.807, 2.05) is 23.6 Å². The molecule has 4 rings (SSSR count). The fraction of sp³-hybridized carbons (Fsp3) is 0.565. The molecule has 9 heteroatoms. The highest BCUT2D eigenvalue weighted by Crippen LogP contribution is 2.41. The number of hydrogen-bond acceptors (Lipinski definition) is 5. The van der Waals surface area contributed by atoms with Crippen LogP contribution in [0.2, 0.25) is 0 Å². The van der Waals surface area contributed by atoms with Gasteiger partial charge in [-0.05, 0) is 45.7 Å². The van der Waals surface area contributed by atoms with E-state index in [2.05, 4.69) is 53.5 Å². The van der Waals surface area contributed by atoms with Gasteiger partial charge in [-0.2, -0.15) is 5.10 Å². The molecule has 3 N–H and O–H groups in total. The molecule has 2 aliphatic rings. The lowest BCUT2D eigenvalue weighted by Crippen LogP contribution is -2.66. The van der Waals surface area contributed by atoms with Crippen molar-refractivity contribution in [1.82, 2.24) is 30.3 Å². The summed E-state index contributed by atoms with van der Waals surface area (Å²) in [6, 6.07) is 5.30. The average molecular weight is 440 g/mol. The summed E-state index contributed by atoms with van der Waals surface area (Å²) in [4.78, 5) is 34.4. The molecule has 4 heterocycles. The largest absolute Gasteiger partial charge is 0.321 e. The minimum atomic E-state index is -0.579. The second-order valence-electron chi connectivity index (χ2n) is 10.2. The number of urea groups is 1. The number of piperazine rings is 1. The molecule has 3 amide bonds. The van der Waals surface area contributed by atoms with Crippen molar-refractivity contribution in [2.45, 2.75) is 65.2 Å². The van der Waals surface area contributed by atoms with Crippen molar-refractivity contribution in [1.29, 1.82) is 0 Å². The van der Waals surface area contributed by atoms with Gasteiger partial charge in [-0.25, -0.2) is 4.79 Å². The van der Waals surface area contributed by atoms with E-state index in [9.17, 15) is 9.59 Å². The second-order valence-corrected chi connectivity index (χ2v) is 10.2. The summed E-state index contributed by atoms with van der Waals surface area (Å²) in [6.07, 6.45) is 1.58. The number of nitrogens with one attached hydrogen (secondary N) is 3. The van der Waals surface area contributed by atoms with Crippen LogP contribution in [0.25, 0.3) is 0 Å². The molecular weight excluding hydrogens is 406 g/mol. The van der Waals surface area contributed by atoms with Crippen LogP contribution in [0.4, 0.5) is 10.6 Å². The van der Waals surface area contributed by atoms with Crippen LogP contribution in [0, 0.1) is 5.92 Å². The molecule has 0 radical (unpaired) electrons. The van der Waals surface area contributed by atoms with Crippen molar-refractivity contribution in [3.8, 4) is 0 Å². The minimum Gasteiger partial charge on any atom is -0.318 e. The molecule has 1 fully saturated rings. The van der Waals surface area contributed by atoms with E-state index in [-0.39, 0.29) is 23.5 Å². The van der Waals surface area contributed by atoms with Crippen molar-refractivity contribution in [2.75, 3.05) is 18.4 Å². The highest BCUT2D eigenvalue weighted by atomic mass is 16.2. The summed E-state index contributed by atoms with van der Waals surface area (Å²) < 4.78 is 0. The first-order valence-corrected chi connectivity index (χ1v) is 11.1. The molecule has 2 aromatic rings. The van der Waals surface area contributed by atoms with Gasteiger partial charge in [0.2, 0.25) is 0 Å². The number of carbonyl (C=O) groups is 2. The van der Waals surface area contributed by atoms with Gasteiger partial charge in [0.25, 0.3) is 5.91 Å². The van der Waals surface area contributed by atoms with Crippen LogP contribution in [0.3, 0.4) is 0 Å². The molecule has 0 aromatic carbocycles. The maximum Gasteiger partial charge on any atom is 0.321 e. The lowest BCUT2D eigenvalue weighted by Gasteiger charge is -2.48. The number of aromatic amines is 1. The molecule has 0 bridgehead atoms. The number of pyridine rings is 1. The molecule has 0 aliphatic carbocycles. The fourth-order valence-corrected chi connectivity index (χ4v) is 4.64. The predicted molar refractivity (Wildman–Crippen MR) is 122 cm³/mol. The third kappa shape index (κ3) is 3.85. The van der Waals surface area contributed by atoms with Crippen molar-refractivity contribution in [2.24, 2.45) is 5.92 Å². The monoisotopic (exact) mass is 439 g/mol. The molecular formula is C23H33N7O2. The van der Waals surface area contributed by atoms with Crippen molar-refractivity contribution >= 4 is 17.8 Å². The summed E-state index contributed by atoms with van der Waals surface area (Å²) in [5.41, 5.74) is 1.27. The standard InChI is InChI=1S/C23H33N7O2/c1-14(2)17-11-25-22(3,4)13-29(17)21(32)30-12-15-18(23(30,5)6)27-28-19(15)26-20(31)16-9-7-8-10-24-16/h7-10,14,17,25H,11-13H2,1-6H3,(H2,26,27,28,31)/t17-/m1/s1. The van der Waals surface area contributed by atoms with E-state index in [4.69, 9.17) is 0 Å². The average Bonchev–Trinajstić information content (AvgIpc) is 3.25. The van der Waals surface area contributed by atoms with Crippen LogP contribution in [0.1, 0.15) is 63.3 Å². The van der Waals surface area contributed by atoms with E-state index in [0.29, 0.717) is 30.5 Å². The highest BCUT2D eigenvalue weighted by molar-refractivity contribution is 6.02. The number of hydrogen-bond donors (Lipinski definition) is 3. The van der Waals surface area contributed by atoms with E-state index in [1.165, 1.54) is 0 Å². The van der Waals surface area contributed by atoms with Crippen LogP contribution in [0.5, 0.6) is 0 Å². The number of aromatic nitrogens is 3. The third-order valence-electron chi connectivity index (χ3n) is 6.60. The zero-order valence-electron chi connectivity index (χ0n) is 19.7. The van der Waals surface area contributed by atoms with Crippen molar-refractivity contribution in [3.63, 3.8) is 0 Å². The zero-order valence-corrected chi connectivity index (χ0v) is 19.7. The van der Waals surface area contributed by atoms with Gasteiger partial charge in [0.1, 0.15) is 5.69 Å². The number of nitrogens with zero attached hydrogens (tertiary/aromatic N) is 4. The number of carbonyl (C=O) groups excluding carboxylic acids is 2. The molecule has 0 spiro atoms. The van der Waals surface area contributed by atoms with Gasteiger partial charge in [0.15, 0.2) is 5.82 Å². The number of fused-ring (bicyclic) bond motifs is 1. The van der Waals surface area contributed by atoms with Crippen molar-refractivity contribution in [3.05, 3.63) is 41.3 Å².